The van der Waals surface area contributed by atoms with E-state index in [1.54, 1.807) is 4.90 Å². The third-order valence-electron chi connectivity index (χ3n) is 3.69. The van der Waals surface area contributed by atoms with Gasteiger partial charge in [-0.1, -0.05) is 6.92 Å². The molecule has 2 N–H and O–H groups in total. The summed E-state index contributed by atoms with van der Waals surface area (Å²) in [6.07, 6.45) is 2.79. The number of urea groups is 1. The van der Waals surface area contributed by atoms with E-state index >= 15 is 0 Å². The molecular weight excluding hydrogens is 220 g/mol. The lowest BCUT2D eigenvalue weighted by Gasteiger charge is -2.40. The van der Waals surface area contributed by atoms with Crippen LogP contribution in [0.4, 0.5) is 4.79 Å². The molecule has 0 radical (unpaired) electrons. The lowest BCUT2D eigenvalue weighted by Crippen LogP contribution is -2.62. The third kappa shape index (κ3) is 2.70. The molecule has 1 atom stereocenters. The Bertz CT molecular complexity index is 300. The molecule has 2 amide bonds. The summed E-state index contributed by atoms with van der Waals surface area (Å²) in [5.41, 5.74) is -1.02. The summed E-state index contributed by atoms with van der Waals surface area (Å²) in [5.74, 6) is -0.919. The molecule has 0 aromatic heterocycles. The molecule has 0 bridgehead atoms. The van der Waals surface area contributed by atoms with E-state index in [9.17, 15) is 9.59 Å². The van der Waals surface area contributed by atoms with Gasteiger partial charge >= 0.3 is 12.0 Å². The first-order valence-electron chi connectivity index (χ1n) is 6.29. The summed E-state index contributed by atoms with van der Waals surface area (Å²) in [6, 6.07) is -0.130. The summed E-state index contributed by atoms with van der Waals surface area (Å²) in [5, 5.41) is 11.8. The van der Waals surface area contributed by atoms with Crippen molar-refractivity contribution < 1.29 is 14.7 Å². The van der Waals surface area contributed by atoms with Crippen molar-refractivity contribution in [3.63, 3.8) is 0 Å². The number of carbonyl (C=O) groups excluding carboxylic acids is 1. The highest BCUT2D eigenvalue weighted by Gasteiger charge is 2.46. The van der Waals surface area contributed by atoms with Crippen molar-refractivity contribution in [2.24, 2.45) is 0 Å². The van der Waals surface area contributed by atoms with Crippen LogP contribution in [0.1, 0.15) is 46.5 Å². The molecule has 0 spiro atoms. The Kier molecular flexibility index (Phi) is 4.37. The molecule has 1 aliphatic carbocycles. The normalized spacial score (nSPS) is 19.0. The maximum Gasteiger partial charge on any atom is 0.329 e. The first kappa shape index (κ1) is 13.8. The Morgan fingerprint density at radius 2 is 2.00 bits per heavy atom. The molecule has 1 aliphatic rings. The number of hydrogen-bond donors (Lipinski definition) is 2. The molecule has 0 aliphatic heterocycles. The molecule has 1 rings (SSSR count). The minimum absolute atomic E-state index is 0.130. The number of amides is 2. The van der Waals surface area contributed by atoms with E-state index in [-0.39, 0.29) is 12.1 Å². The number of aliphatic carboxylic acids is 1. The Labute approximate surface area is 102 Å². The minimum atomic E-state index is -1.02. The highest BCUT2D eigenvalue weighted by atomic mass is 16.4. The second-order valence-corrected chi connectivity index (χ2v) is 4.71. The van der Waals surface area contributed by atoms with Crippen LogP contribution in [0.3, 0.4) is 0 Å². The van der Waals surface area contributed by atoms with Crippen LogP contribution in [0.15, 0.2) is 0 Å². The quantitative estimate of drug-likeness (QED) is 0.772. The van der Waals surface area contributed by atoms with Gasteiger partial charge in [-0.15, -0.1) is 0 Å². The standard InChI is InChI=1S/C12H22N2O3/c1-4-9(3)14(5-2)11(17)13-12(10(15)16)7-6-8-12/h9H,4-8H2,1-3H3,(H,13,17)(H,15,16). The van der Waals surface area contributed by atoms with Crippen molar-refractivity contribution in [2.75, 3.05) is 6.54 Å². The average molecular weight is 242 g/mol. The Morgan fingerprint density at radius 1 is 1.41 bits per heavy atom. The minimum Gasteiger partial charge on any atom is -0.480 e. The van der Waals surface area contributed by atoms with E-state index in [0.29, 0.717) is 19.4 Å². The van der Waals surface area contributed by atoms with Gasteiger partial charge in [0.25, 0.3) is 0 Å². The predicted molar refractivity (Wildman–Crippen MR) is 64.9 cm³/mol. The first-order valence-corrected chi connectivity index (χ1v) is 6.29. The zero-order chi connectivity index (χ0) is 13.1. The van der Waals surface area contributed by atoms with Crippen molar-refractivity contribution >= 4 is 12.0 Å². The average Bonchev–Trinajstić information content (AvgIpc) is 2.23. The van der Waals surface area contributed by atoms with Crippen LogP contribution >= 0.6 is 0 Å². The fourth-order valence-corrected chi connectivity index (χ4v) is 2.07. The van der Waals surface area contributed by atoms with Gasteiger partial charge in [0.2, 0.25) is 0 Å². The van der Waals surface area contributed by atoms with E-state index in [0.717, 1.165) is 12.8 Å². The molecule has 0 heterocycles. The number of carboxylic acid groups (broad SMARTS) is 1. The maximum absolute atomic E-state index is 12.0. The van der Waals surface area contributed by atoms with Crippen molar-refractivity contribution in [3.8, 4) is 0 Å². The van der Waals surface area contributed by atoms with Gasteiger partial charge in [0.1, 0.15) is 5.54 Å². The Morgan fingerprint density at radius 3 is 2.29 bits per heavy atom. The molecule has 1 fully saturated rings. The molecule has 0 saturated heterocycles. The monoisotopic (exact) mass is 242 g/mol. The van der Waals surface area contributed by atoms with E-state index in [4.69, 9.17) is 5.11 Å². The fourth-order valence-electron chi connectivity index (χ4n) is 2.07. The van der Waals surface area contributed by atoms with E-state index in [1.165, 1.54) is 0 Å². The SMILES string of the molecule is CCC(C)N(CC)C(=O)NC1(C(=O)O)CCC1. The maximum atomic E-state index is 12.0. The highest BCUT2D eigenvalue weighted by Crippen LogP contribution is 2.32. The van der Waals surface area contributed by atoms with Crippen LogP contribution in [0.25, 0.3) is 0 Å². The summed E-state index contributed by atoms with van der Waals surface area (Å²) >= 11 is 0. The Balaban J connectivity index is 2.66. The molecule has 17 heavy (non-hydrogen) atoms. The lowest BCUT2D eigenvalue weighted by molar-refractivity contribution is -0.148. The van der Waals surface area contributed by atoms with Crippen molar-refractivity contribution in [3.05, 3.63) is 0 Å². The number of nitrogens with zero attached hydrogens (tertiary/aromatic N) is 1. The van der Waals surface area contributed by atoms with Crippen LogP contribution in [-0.4, -0.2) is 40.1 Å². The van der Waals surface area contributed by atoms with Gasteiger partial charge in [0.15, 0.2) is 0 Å². The zero-order valence-corrected chi connectivity index (χ0v) is 10.8. The number of carboxylic acids is 1. The Hall–Kier alpha value is -1.26. The molecule has 5 heteroatoms. The molecule has 0 aromatic rings. The van der Waals surface area contributed by atoms with E-state index in [2.05, 4.69) is 5.32 Å². The van der Waals surface area contributed by atoms with Crippen LogP contribution in [-0.2, 0) is 4.79 Å². The van der Waals surface area contributed by atoms with Crippen LogP contribution in [0, 0.1) is 0 Å². The number of nitrogens with one attached hydrogen (secondary N) is 1. The lowest BCUT2D eigenvalue weighted by atomic mass is 9.77. The van der Waals surface area contributed by atoms with Crippen molar-refractivity contribution in [1.82, 2.24) is 10.2 Å². The predicted octanol–water partition coefficient (Wildman–Crippen LogP) is 1.82. The second kappa shape index (κ2) is 5.38. The van der Waals surface area contributed by atoms with Gasteiger partial charge in [-0.25, -0.2) is 9.59 Å². The van der Waals surface area contributed by atoms with Crippen LogP contribution in [0.2, 0.25) is 0 Å². The molecule has 5 nitrogen and oxygen atoms in total. The summed E-state index contributed by atoms with van der Waals surface area (Å²) in [4.78, 5) is 24.9. The highest BCUT2D eigenvalue weighted by molar-refractivity contribution is 5.87. The fraction of sp³-hybridized carbons (Fsp3) is 0.833. The summed E-state index contributed by atoms with van der Waals surface area (Å²) in [6.45, 7) is 6.48. The number of rotatable bonds is 5. The topological polar surface area (TPSA) is 69.6 Å². The zero-order valence-electron chi connectivity index (χ0n) is 10.8. The van der Waals surface area contributed by atoms with E-state index < -0.39 is 11.5 Å². The summed E-state index contributed by atoms with van der Waals surface area (Å²) < 4.78 is 0. The molecule has 98 valence electrons. The van der Waals surface area contributed by atoms with Gasteiger partial charge < -0.3 is 15.3 Å². The number of carbonyl (C=O) groups is 2. The number of hydrogen-bond acceptors (Lipinski definition) is 2. The summed E-state index contributed by atoms with van der Waals surface area (Å²) in [7, 11) is 0. The van der Waals surface area contributed by atoms with Gasteiger partial charge in [-0.05, 0) is 39.5 Å². The smallest absolute Gasteiger partial charge is 0.329 e. The van der Waals surface area contributed by atoms with Gasteiger partial charge in [0, 0.05) is 12.6 Å². The van der Waals surface area contributed by atoms with Crippen molar-refractivity contribution in [1.29, 1.82) is 0 Å². The van der Waals surface area contributed by atoms with Gasteiger partial charge in [-0.3, -0.25) is 0 Å². The van der Waals surface area contributed by atoms with Gasteiger partial charge in [-0.2, -0.15) is 0 Å². The molecule has 0 aromatic carbocycles. The van der Waals surface area contributed by atoms with Crippen LogP contribution < -0.4 is 5.32 Å². The van der Waals surface area contributed by atoms with Gasteiger partial charge in [0.05, 0.1) is 0 Å². The molecule has 1 saturated carbocycles. The van der Waals surface area contributed by atoms with Crippen molar-refractivity contribution in [2.45, 2.75) is 58.0 Å². The molecular formula is C12H22N2O3. The second-order valence-electron chi connectivity index (χ2n) is 4.71. The third-order valence-corrected chi connectivity index (χ3v) is 3.69. The molecule has 1 unspecified atom stereocenters. The first-order chi connectivity index (χ1) is 7.96. The van der Waals surface area contributed by atoms with E-state index in [1.807, 2.05) is 20.8 Å². The van der Waals surface area contributed by atoms with Crippen LogP contribution in [0.5, 0.6) is 0 Å². The largest absolute Gasteiger partial charge is 0.480 e.